The molecule has 1 aliphatic rings. The second-order valence-electron chi connectivity index (χ2n) is 6.23. The normalized spacial score (nSPS) is 25.0. The molecule has 0 bridgehead atoms. The number of nitriles is 1. The highest BCUT2D eigenvalue weighted by Crippen LogP contribution is 2.44. The third-order valence-corrected chi connectivity index (χ3v) is 5.36. The summed E-state index contributed by atoms with van der Waals surface area (Å²) >= 11 is 7.43. The van der Waals surface area contributed by atoms with Crippen LogP contribution in [-0.4, -0.2) is 22.6 Å². The maximum Gasteiger partial charge on any atom is 0.255 e. The van der Waals surface area contributed by atoms with Crippen molar-refractivity contribution < 1.29 is 9.18 Å². The van der Waals surface area contributed by atoms with E-state index in [-0.39, 0.29) is 18.3 Å². The van der Waals surface area contributed by atoms with Gasteiger partial charge in [-0.2, -0.15) is 5.26 Å². The van der Waals surface area contributed by atoms with Crippen molar-refractivity contribution in [3.05, 3.63) is 10.0 Å². The van der Waals surface area contributed by atoms with Gasteiger partial charge in [0.15, 0.2) is 11.9 Å². The number of thiazole rings is 1. The highest BCUT2D eigenvalue weighted by atomic mass is 35.5. The van der Waals surface area contributed by atoms with Crippen LogP contribution < -0.4 is 10.6 Å². The van der Waals surface area contributed by atoms with E-state index in [9.17, 15) is 14.4 Å². The predicted octanol–water partition coefficient (Wildman–Crippen LogP) is 2.74. The van der Waals surface area contributed by atoms with Crippen molar-refractivity contribution in [2.24, 2.45) is 5.73 Å². The molecule has 0 aliphatic heterocycles. The van der Waals surface area contributed by atoms with Gasteiger partial charge in [-0.15, -0.1) is 0 Å². The molecule has 1 aliphatic carbocycles. The van der Waals surface area contributed by atoms with Crippen molar-refractivity contribution in [3.8, 4) is 6.19 Å². The number of rotatable bonds is 3. The number of carbonyl (C=O) groups excluding carboxylic acids is 1. The zero-order valence-electron chi connectivity index (χ0n) is 12.0. The molecule has 0 aromatic carbocycles. The van der Waals surface area contributed by atoms with Gasteiger partial charge in [-0.1, -0.05) is 43.7 Å². The number of halogens is 2. The predicted molar refractivity (Wildman–Crippen MR) is 80.0 cm³/mol. The Morgan fingerprint density at radius 1 is 1.62 bits per heavy atom. The van der Waals surface area contributed by atoms with E-state index in [1.807, 2.05) is 27.0 Å². The number of primary amides is 1. The van der Waals surface area contributed by atoms with Crippen molar-refractivity contribution in [1.29, 1.82) is 5.26 Å². The molecular weight excluding hydrogens is 315 g/mol. The Bertz CT molecular complexity index is 613. The lowest BCUT2D eigenvalue weighted by atomic mass is 9.76. The summed E-state index contributed by atoms with van der Waals surface area (Å²) in [5, 5.41) is 10.1. The Balaban J connectivity index is 2.22. The molecule has 0 radical (unpaired) electrons. The van der Waals surface area contributed by atoms with E-state index in [0.29, 0.717) is 10.3 Å². The number of hydrogen-bond donors (Lipinski definition) is 1. The van der Waals surface area contributed by atoms with E-state index in [0.717, 1.165) is 4.88 Å². The molecule has 0 unspecified atom stereocenters. The van der Waals surface area contributed by atoms with Gasteiger partial charge in [-0.3, -0.25) is 9.69 Å². The fraction of sp³-hybridized carbons (Fsp3) is 0.615. The van der Waals surface area contributed by atoms with Gasteiger partial charge in [-0.25, -0.2) is 9.37 Å². The average molecular weight is 331 g/mol. The number of hydrogen-bond acceptors (Lipinski definition) is 5. The third-order valence-electron chi connectivity index (χ3n) is 3.49. The van der Waals surface area contributed by atoms with E-state index < -0.39 is 17.6 Å². The first-order chi connectivity index (χ1) is 9.58. The van der Waals surface area contributed by atoms with Gasteiger partial charge in [0.2, 0.25) is 5.13 Å². The Morgan fingerprint density at radius 2 is 2.19 bits per heavy atom. The van der Waals surface area contributed by atoms with Gasteiger partial charge in [0, 0.05) is 12.8 Å². The van der Waals surface area contributed by atoms with E-state index >= 15 is 0 Å². The fourth-order valence-corrected chi connectivity index (χ4v) is 3.78. The van der Waals surface area contributed by atoms with Crippen LogP contribution in [0.2, 0.25) is 5.15 Å². The molecule has 1 aromatic heterocycles. The largest absolute Gasteiger partial charge is 0.367 e. The summed E-state index contributed by atoms with van der Waals surface area (Å²) in [6.07, 6.45) is 1.79. The van der Waals surface area contributed by atoms with Gasteiger partial charge in [-0.05, 0) is 5.41 Å². The SMILES string of the molecule is CC(C)(C)c1sc(N(C#N)C2CC(F)(C(N)=O)C2)nc1Cl. The molecule has 1 fully saturated rings. The monoisotopic (exact) mass is 330 g/mol. The van der Waals surface area contributed by atoms with Crippen LogP contribution in [0.15, 0.2) is 0 Å². The summed E-state index contributed by atoms with van der Waals surface area (Å²) in [6, 6.07) is -0.414. The summed E-state index contributed by atoms with van der Waals surface area (Å²) in [7, 11) is 0. The van der Waals surface area contributed by atoms with Crippen molar-refractivity contribution >= 4 is 34.0 Å². The number of anilines is 1. The maximum absolute atomic E-state index is 13.9. The zero-order valence-corrected chi connectivity index (χ0v) is 13.6. The number of alkyl halides is 1. The summed E-state index contributed by atoms with van der Waals surface area (Å²) in [5.41, 5.74) is 2.80. The van der Waals surface area contributed by atoms with Gasteiger partial charge < -0.3 is 5.73 Å². The topological polar surface area (TPSA) is 83.0 Å². The summed E-state index contributed by atoms with van der Waals surface area (Å²) in [5.74, 6) is -0.982. The van der Waals surface area contributed by atoms with Crippen LogP contribution >= 0.6 is 22.9 Å². The molecule has 8 heteroatoms. The lowest BCUT2D eigenvalue weighted by Gasteiger charge is -2.41. The molecule has 0 saturated heterocycles. The van der Waals surface area contributed by atoms with Crippen LogP contribution in [0.25, 0.3) is 0 Å². The van der Waals surface area contributed by atoms with E-state index in [1.54, 1.807) is 0 Å². The first-order valence-corrected chi connectivity index (χ1v) is 7.62. The molecule has 2 rings (SSSR count). The number of carbonyl (C=O) groups is 1. The highest BCUT2D eigenvalue weighted by molar-refractivity contribution is 7.16. The van der Waals surface area contributed by atoms with Gasteiger partial charge in [0.1, 0.15) is 5.15 Å². The lowest BCUT2D eigenvalue weighted by Crippen LogP contribution is -2.58. The summed E-state index contributed by atoms with van der Waals surface area (Å²) in [6.45, 7) is 5.99. The van der Waals surface area contributed by atoms with Crippen molar-refractivity contribution in [1.82, 2.24) is 4.98 Å². The maximum atomic E-state index is 13.9. The van der Waals surface area contributed by atoms with Gasteiger partial charge in [0.25, 0.3) is 5.91 Å². The van der Waals surface area contributed by atoms with Crippen LogP contribution in [-0.2, 0) is 10.2 Å². The highest BCUT2D eigenvalue weighted by Gasteiger charge is 2.53. The second-order valence-corrected chi connectivity index (χ2v) is 7.56. The van der Waals surface area contributed by atoms with Gasteiger partial charge in [0.05, 0.1) is 10.9 Å². The first-order valence-electron chi connectivity index (χ1n) is 6.43. The summed E-state index contributed by atoms with van der Waals surface area (Å²) in [4.78, 5) is 17.4. The number of amides is 1. The Hall–Kier alpha value is -1.39. The van der Waals surface area contributed by atoms with E-state index in [2.05, 4.69) is 4.98 Å². The van der Waals surface area contributed by atoms with Crippen molar-refractivity contribution in [2.75, 3.05) is 4.90 Å². The summed E-state index contributed by atoms with van der Waals surface area (Å²) < 4.78 is 13.9. The zero-order chi connectivity index (χ0) is 16.0. The Labute approximate surface area is 131 Å². The lowest BCUT2D eigenvalue weighted by molar-refractivity contribution is -0.135. The Morgan fingerprint density at radius 3 is 2.57 bits per heavy atom. The molecule has 1 saturated carbocycles. The minimum Gasteiger partial charge on any atom is -0.367 e. The van der Waals surface area contributed by atoms with Crippen LogP contribution in [0.4, 0.5) is 9.52 Å². The van der Waals surface area contributed by atoms with Crippen molar-refractivity contribution in [2.45, 2.75) is 50.7 Å². The van der Waals surface area contributed by atoms with E-state index in [1.165, 1.54) is 16.2 Å². The molecule has 0 spiro atoms. The first kappa shape index (κ1) is 16.0. The second kappa shape index (κ2) is 5.11. The van der Waals surface area contributed by atoms with E-state index in [4.69, 9.17) is 17.3 Å². The molecular formula is C13H16ClFN4OS. The van der Waals surface area contributed by atoms with Gasteiger partial charge >= 0.3 is 0 Å². The smallest absolute Gasteiger partial charge is 0.255 e. The minimum absolute atomic E-state index is 0.0993. The molecule has 114 valence electrons. The van der Waals surface area contributed by atoms with Crippen LogP contribution in [0.5, 0.6) is 0 Å². The fourth-order valence-electron chi connectivity index (χ4n) is 2.21. The quantitative estimate of drug-likeness (QED) is 0.682. The minimum atomic E-state index is -2.02. The van der Waals surface area contributed by atoms with Crippen LogP contribution in [0, 0.1) is 11.5 Å². The molecule has 2 N–H and O–H groups in total. The third kappa shape index (κ3) is 2.83. The molecule has 0 atom stereocenters. The molecule has 21 heavy (non-hydrogen) atoms. The molecule has 1 heterocycles. The van der Waals surface area contributed by atoms with Crippen molar-refractivity contribution in [3.63, 3.8) is 0 Å². The molecule has 1 amide bonds. The van der Waals surface area contributed by atoms with Crippen LogP contribution in [0.1, 0.15) is 38.5 Å². The standard InChI is InChI=1S/C13H16ClFN4OS/c1-12(2,3)8-9(14)18-11(21-8)19(6-16)7-4-13(15,5-7)10(17)20/h7H,4-5H2,1-3H3,(H2,17,20). The molecule has 5 nitrogen and oxygen atoms in total. The number of nitrogens with two attached hydrogens (primary N) is 1. The molecule has 1 aromatic rings. The van der Waals surface area contributed by atoms with Crippen LogP contribution in [0.3, 0.4) is 0 Å². The average Bonchev–Trinajstić information content (AvgIpc) is 2.69. The Kier molecular flexibility index (Phi) is 3.89. The number of nitrogens with zero attached hydrogens (tertiary/aromatic N) is 3. The number of aromatic nitrogens is 1.